The van der Waals surface area contributed by atoms with Gasteiger partial charge in [-0.05, 0) is 42.7 Å². The van der Waals surface area contributed by atoms with E-state index >= 15 is 0 Å². The second-order valence-electron chi connectivity index (χ2n) is 6.90. The molecule has 1 aromatic carbocycles. The van der Waals surface area contributed by atoms with E-state index in [9.17, 15) is 4.79 Å². The minimum absolute atomic E-state index is 0.125. The highest BCUT2D eigenvalue weighted by Gasteiger charge is 2.31. The van der Waals surface area contributed by atoms with E-state index in [-0.39, 0.29) is 12.0 Å². The largest absolute Gasteiger partial charge is 0.376 e. The first-order valence-electron chi connectivity index (χ1n) is 9.21. The summed E-state index contributed by atoms with van der Waals surface area (Å²) in [5, 5.41) is 4.12. The number of benzene rings is 1. The second-order valence-corrected chi connectivity index (χ2v) is 8.05. The smallest absolute Gasteiger partial charge is 0.254 e. The zero-order chi connectivity index (χ0) is 17.8. The lowest BCUT2D eigenvalue weighted by molar-refractivity contribution is 0.0442. The molecule has 3 heterocycles. The van der Waals surface area contributed by atoms with Gasteiger partial charge in [0.1, 0.15) is 12.7 Å². The maximum absolute atomic E-state index is 13.2. The Bertz CT molecular complexity index is 708. The number of carbonyl (C=O) groups excluding carboxylic acids is 1. The molecule has 0 saturated carbocycles. The third-order valence-electron chi connectivity index (χ3n) is 5.04. The van der Waals surface area contributed by atoms with Gasteiger partial charge in [-0.3, -0.25) is 4.79 Å². The molecule has 4 rings (SSSR count). The van der Waals surface area contributed by atoms with Crippen molar-refractivity contribution in [2.75, 3.05) is 24.7 Å². The van der Waals surface area contributed by atoms with Crippen molar-refractivity contribution in [3.05, 3.63) is 48.0 Å². The molecule has 2 atom stereocenters. The van der Waals surface area contributed by atoms with Crippen molar-refractivity contribution in [2.45, 2.75) is 38.0 Å². The van der Waals surface area contributed by atoms with Crippen LogP contribution in [0.2, 0.25) is 0 Å². The van der Waals surface area contributed by atoms with Crippen molar-refractivity contribution >= 4 is 17.7 Å². The Morgan fingerprint density at radius 2 is 2.19 bits per heavy atom. The number of rotatable bonds is 6. The number of nitrogens with zero attached hydrogens (tertiary/aromatic N) is 4. The predicted molar refractivity (Wildman–Crippen MR) is 101 cm³/mol. The van der Waals surface area contributed by atoms with Crippen LogP contribution in [-0.2, 0) is 11.3 Å². The normalized spacial score (nSPS) is 22.6. The highest BCUT2D eigenvalue weighted by molar-refractivity contribution is 7.99. The molecule has 0 radical (unpaired) electrons. The average Bonchev–Trinajstić information content (AvgIpc) is 3.42. The number of amides is 1. The minimum Gasteiger partial charge on any atom is -0.376 e. The van der Waals surface area contributed by atoms with E-state index in [1.807, 2.05) is 36.0 Å². The maximum atomic E-state index is 13.2. The Morgan fingerprint density at radius 1 is 1.31 bits per heavy atom. The quantitative estimate of drug-likeness (QED) is 0.780. The third kappa shape index (κ3) is 4.10. The Balaban J connectivity index is 1.46. The van der Waals surface area contributed by atoms with Crippen LogP contribution >= 0.6 is 11.8 Å². The van der Waals surface area contributed by atoms with E-state index < -0.39 is 0 Å². The third-order valence-corrected chi connectivity index (χ3v) is 6.19. The summed E-state index contributed by atoms with van der Waals surface area (Å²) < 4.78 is 7.56. The summed E-state index contributed by atoms with van der Waals surface area (Å²) in [7, 11) is 0. The molecule has 0 spiro atoms. The number of ether oxygens (including phenoxy) is 1. The summed E-state index contributed by atoms with van der Waals surface area (Å²) in [6.07, 6.45) is 6.65. The lowest BCUT2D eigenvalue weighted by Crippen LogP contribution is -2.44. The molecule has 1 aromatic heterocycles. The van der Waals surface area contributed by atoms with E-state index in [2.05, 4.69) is 15.0 Å². The molecule has 0 N–H and O–H groups in total. The summed E-state index contributed by atoms with van der Waals surface area (Å²) in [6.45, 7) is 2.20. The van der Waals surface area contributed by atoms with E-state index in [1.165, 1.54) is 6.33 Å². The first kappa shape index (κ1) is 17.5. The zero-order valence-electron chi connectivity index (χ0n) is 14.8. The first-order valence-corrected chi connectivity index (χ1v) is 10.4. The number of hydrogen-bond acceptors (Lipinski definition) is 5. The molecule has 2 aromatic rings. The summed E-state index contributed by atoms with van der Waals surface area (Å²) in [6, 6.07) is 8.19. The van der Waals surface area contributed by atoms with Crippen molar-refractivity contribution in [1.82, 2.24) is 19.7 Å². The summed E-state index contributed by atoms with van der Waals surface area (Å²) in [4.78, 5) is 19.2. The fraction of sp³-hybridized carbons (Fsp3) is 0.526. The summed E-state index contributed by atoms with van der Waals surface area (Å²) >= 11 is 1.94. The Hall–Kier alpha value is -1.86. The van der Waals surface area contributed by atoms with Crippen LogP contribution in [-0.4, -0.2) is 62.4 Å². The molecule has 138 valence electrons. The van der Waals surface area contributed by atoms with E-state index in [0.29, 0.717) is 19.1 Å². The number of carbonyl (C=O) groups is 1. The molecule has 7 heteroatoms. The maximum Gasteiger partial charge on any atom is 0.254 e. The molecular formula is C19H24N4O2S. The molecule has 2 fully saturated rings. The molecule has 2 saturated heterocycles. The van der Waals surface area contributed by atoms with Gasteiger partial charge in [0.2, 0.25) is 0 Å². The standard InChI is InChI=1S/C19H24N4O2S/c24-19(16-5-3-15(4-6-16)10-22-14-20-13-21-22)23(17-7-9-26-12-17)11-18-2-1-8-25-18/h3-6,13-14,17-18H,1-2,7-12H2. The van der Waals surface area contributed by atoms with Gasteiger partial charge in [-0.25, -0.2) is 9.67 Å². The monoisotopic (exact) mass is 372 g/mol. The Morgan fingerprint density at radius 3 is 2.85 bits per heavy atom. The van der Waals surface area contributed by atoms with Crippen LogP contribution < -0.4 is 0 Å². The van der Waals surface area contributed by atoms with Gasteiger partial charge >= 0.3 is 0 Å². The molecule has 2 aliphatic heterocycles. The highest BCUT2D eigenvalue weighted by Crippen LogP contribution is 2.26. The van der Waals surface area contributed by atoms with Gasteiger partial charge < -0.3 is 9.64 Å². The Labute approximate surface area is 157 Å². The van der Waals surface area contributed by atoms with Gasteiger partial charge in [-0.15, -0.1) is 0 Å². The van der Waals surface area contributed by atoms with Crippen LogP contribution in [0, 0.1) is 0 Å². The summed E-state index contributed by atoms with van der Waals surface area (Å²) in [5.74, 6) is 2.29. The highest BCUT2D eigenvalue weighted by atomic mass is 32.2. The van der Waals surface area contributed by atoms with E-state index in [4.69, 9.17) is 4.74 Å². The van der Waals surface area contributed by atoms with Gasteiger partial charge in [-0.2, -0.15) is 16.9 Å². The van der Waals surface area contributed by atoms with Gasteiger partial charge in [0.05, 0.1) is 12.6 Å². The molecular weight excluding hydrogens is 348 g/mol. The molecule has 0 aliphatic carbocycles. The van der Waals surface area contributed by atoms with Gasteiger partial charge in [0.15, 0.2) is 0 Å². The van der Waals surface area contributed by atoms with Crippen LogP contribution in [0.1, 0.15) is 35.2 Å². The van der Waals surface area contributed by atoms with Crippen molar-refractivity contribution in [3.63, 3.8) is 0 Å². The second kappa shape index (κ2) is 8.22. The van der Waals surface area contributed by atoms with Gasteiger partial charge in [0, 0.05) is 30.5 Å². The fourth-order valence-corrected chi connectivity index (χ4v) is 4.82. The van der Waals surface area contributed by atoms with Crippen LogP contribution in [0.5, 0.6) is 0 Å². The van der Waals surface area contributed by atoms with Crippen LogP contribution in [0.25, 0.3) is 0 Å². The Kier molecular flexibility index (Phi) is 5.55. The number of thioether (sulfide) groups is 1. The van der Waals surface area contributed by atoms with E-state index in [1.54, 1.807) is 11.0 Å². The first-order chi connectivity index (χ1) is 12.8. The molecule has 26 heavy (non-hydrogen) atoms. The fourth-order valence-electron chi connectivity index (χ4n) is 3.59. The van der Waals surface area contributed by atoms with Gasteiger partial charge in [-0.1, -0.05) is 12.1 Å². The molecule has 2 unspecified atom stereocenters. The van der Waals surface area contributed by atoms with E-state index in [0.717, 1.165) is 48.5 Å². The van der Waals surface area contributed by atoms with Crippen LogP contribution in [0.15, 0.2) is 36.9 Å². The number of hydrogen-bond donors (Lipinski definition) is 0. The minimum atomic E-state index is 0.125. The lowest BCUT2D eigenvalue weighted by Gasteiger charge is -2.31. The van der Waals surface area contributed by atoms with Gasteiger partial charge in [0.25, 0.3) is 5.91 Å². The molecule has 0 bridgehead atoms. The predicted octanol–water partition coefficient (Wildman–Crippen LogP) is 2.45. The van der Waals surface area contributed by atoms with Crippen molar-refractivity contribution in [1.29, 1.82) is 0 Å². The molecule has 2 aliphatic rings. The van der Waals surface area contributed by atoms with Crippen LogP contribution in [0.3, 0.4) is 0 Å². The SMILES string of the molecule is O=C(c1ccc(Cn2cncn2)cc1)N(CC1CCCO1)C1CCSC1. The topological polar surface area (TPSA) is 60.2 Å². The van der Waals surface area contributed by atoms with Crippen molar-refractivity contribution < 1.29 is 9.53 Å². The lowest BCUT2D eigenvalue weighted by atomic mass is 10.1. The molecule has 6 nitrogen and oxygen atoms in total. The van der Waals surface area contributed by atoms with Crippen molar-refractivity contribution in [3.8, 4) is 0 Å². The summed E-state index contributed by atoms with van der Waals surface area (Å²) in [5.41, 5.74) is 1.86. The average molecular weight is 372 g/mol. The van der Waals surface area contributed by atoms with Crippen molar-refractivity contribution in [2.24, 2.45) is 0 Å². The van der Waals surface area contributed by atoms with Crippen LogP contribution in [0.4, 0.5) is 0 Å². The molecule has 1 amide bonds. The number of aromatic nitrogens is 3. The zero-order valence-corrected chi connectivity index (χ0v) is 15.6.